The molecule has 4 rings (SSSR count). The molecule has 0 radical (unpaired) electrons. The maximum absolute atomic E-state index is 12.1. The summed E-state index contributed by atoms with van der Waals surface area (Å²) in [6.45, 7) is 7.15. The van der Waals surface area contributed by atoms with Crippen LogP contribution in [0.15, 0.2) is 47.6 Å². The van der Waals surface area contributed by atoms with Gasteiger partial charge in [-0.3, -0.25) is 10.2 Å². The molecule has 36 heavy (non-hydrogen) atoms. The van der Waals surface area contributed by atoms with Crippen LogP contribution in [0, 0.1) is 10.8 Å². The zero-order valence-corrected chi connectivity index (χ0v) is 21.0. The minimum absolute atomic E-state index is 0.103. The molecule has 0 saturated carbocycles. The summed E-state index contributed by atoms with van der Waals surface area (Å²) in [5, 5.41) is 14.0. The van der Waals surface area contributed by atoms with E-state index in [4.69, 9.17) is 14.9 Å². The molecule has 2 aliphatic heterocycles. The number of urea groups is 1. The van der Waals surface area contributed by atoms with Crippen LogP contribution in [-0.2, 0) is 14.3 Å². The first-order chi connectivity index (χ1) is 17.2. The summed E-state index contributed by atoms with van der Waals surface area (Å²) < 4.78 is 11.1. The fourth-order valence-electron chi connectivity index (χ4n) is 4.14. The van der Waals surface area contributed by atoms with Gasteiger partial charge >= 0.3 is 12.0 Å². The molecule has 2 saturated heterocycles. The summed E-state index contributed by atoms with van der Waals surface area (Å²) in [5.74, 6) is 0.555. The summed E-state index contributed by atoms with van der Waals surface area (Å²) in [4.78, 5) is 34.0. The predicted molar refractivity (Wildman–Crippen MR) is 138 cm³/mol. The molecule has 192 valence electrons. The van der Waals surface area contributed by atoms with Crippen molar-refractivity contribution < 1.29 is 19.1 Å². The van der Waals surface area contributed by atoms with Crippen LogP contribution in [0.25, 0.3) is 0 Å². The van der Waals surface area contributed by atoms with Crippen molar-refractivity contribution in [2.75, 3.05) is 31.6 Å². The minimum Gasteiger partial charge on any atom is -0.463 e. The molecule has 2 aliphatic rings. The SMILES string of the molecule is CC(C)(C)C(=O)OCCNC(=O)Nc1ccc(C(=N)N=C(c2ccc[nH]2)N2C[C@H]3CC[C@@H](C2)O3)cc1. The maximum Gasteiger partial charge on any atom is 0.319 e. The molecule has 4 N–H and O–H groups in total. The molecule has 2 aromatic rings. The molecular weight excluding hydrogens is 460 g/mol. The number of carbonyl (C=O) groups is 2. The Morgan fingerprint density at radius 1 is 1.17 bits per heavy atom. The summed E-state index contributed by atoms with van der Waals surface area (Å²) in [6.07, 6.45) is 4.38. The lowest BCUT2D eigenvalue weighted by atomic mass is 9.97. The van der Waals surface area contributed by atoms with Crippen LogP contribution in [0.5, 0.6) is 0 Å². The van der Waals surface area contributed by atoms with Crippen molar-refractivity contribution in [3.63, 3.8) is 0 Å². The zero-order chi connectivity index (χ0) is 25.7. The number of nitrogens with zero attached hydrogens (tertiary/aromatic N) is 2. The Bertz CT molecular complexity index is 1090. The van der Waals surface area contributed by atoms with Crippen LogP contribution in [-0.4, -0.2) is 72.0 Å². The van der Waals surface area contributed by atoms with Crippen LogP contribution < -0.4 is 10.6 Å². The number of fused-ring (bicyclic) bond motifs is 2. The molecule has 2 bridgehead atoms. The Balaban J connectivity index is 1.33. The molecule has 0 unspecified atom stereocenters. The Morgan fingerprint density at radius 3 is 2.47 bits per heavy atom. The molecule has 1 aromatic carbocycles. The lowest BCUT2D eigenvalue weighted by Crippen LogP contribution is -2.46. The predicted octanol–water partition coefficient (Wildman–Crippen LogP) is 3.36. The number of amides is 2. The third-order valence-corrected chi connectivity index (χ3v) is 6.05. The first kappa shape index (κ1) is 25.4. The number of benzene rings is 1. The molecule has 2 amide bonds. The van der Waals surface area contributed by atoms with E-state index < -0.39 is 11.4 Å². The van der Waals surface area contributed by atoms with E-state index in [0.717, 1.165) is 37.5 Å². The van der Waals surface area contributed by atoms with Gasteiger partial charge in [0.25, 0.3) is 0 Å². The average Bonchev–Trinajstić information content (AvgIpc) is 3.49. The van der Waals surface area contributed by atoms with Crippen molar-refractivity contribution in [2.24, 2.45) is 10.4 Å². The number of nitrogens with one attached hydrogen (secondary N) is 4. The first-order valence-corrected chi connectivity index (χ1v) is 12.2. The Morgan fingerprint density at radius 2 is 1.86 bits per heavy atom. The summed E-state index contributed by atoms with van der Waals surface area (Å²) in [7, 11) is 0. The van der Waals surface area contributed by atoms with Gasteiger partial charge < -0.3 is 30.0 Å². The summed E-state index contributed by atoms with van der Waals surface area (Å²) in [6, 6.07) is 10.4. The standard InChI is InChI=1S/C26H34N6O4/c1-26(2,3)24(33)35-14-13-29-25(34)30-18-8-6-17(7-9-18)22(27)31-23(21-5-4-12-28-21)32-15-19-10-11-20(16-32)36-19/h4-9,12,19-20,27-28H,10-11,13-16H2,1-3H3,(H2,29,30,34)/t19-,20+. The fourth-order valence-corrected chi connectivity index (χ4v) is 4.14. The number of carbonyl (C=O) groups excluding carboxylic acids is 2. The van der Waals surface area contributed by atoms with Crippen molar-refractivity contribution in [1.29, 1.82) is 5.41 Å². The first-order valence-electron chi connectivity index (χ1n) is 12.2. The number of esters is 1. The number of aromatic nitrogens is 1. The van der Waals surface area contributed by atoms with E-state index >= 15 is 0 Å². The minimum atomic E-state index is -0.578. The lowest BCUT2D eigenvalue weighted by Gasteiger charge is -2.34. The van der Waals surface area contributed by atoms with Crippen LogP contribution in [0.4, 0.5) is 10.5 Å². The summed E-state index contributed by atoms with van der Waals surface area (Å²) >= 11 is 0. The third kappa shape index (κ3) is 6.51. The Kier molecular flexibility index (Phi) is 7.73. The van der Waals surface area contributed by atoms with Crippen molar-refractivity contribution in [3.8, 4) is 0 Å². The number of anilines is 1. The second kappa shape index (κ2) is 10.9. The van der Waals surface area contributed by atoms with Crippen LogP contribution in [0.2, 0.25) is 0 Å². The van der Waals surface area contributed by atoms with Crippen molar-refractivity contribution in [3.05, 3.63) is 53.9 Å². The van der Waals surface area contributed by atoms with Gasteiger partial charge in [-0.05, 0) is 70.0 Å². The van der Waals surface area contributed by atoms with Gasteiger partial charge in [0.15, 0.2) is 11.7 Å². The van der Waals surface area contributed by atoms with Crippen molar-refractivity contribution in [1.82, 2.24) is 15.2 Å². The number of amidine groups is 2. The highest BCUT2D eigenvalue weighted by Gasteiger charge is 2.35. The monoisotopic (exact) mass is 494 g/mol. The van der Waals surface area contributed by atoms with E-state index in [-0.39, 0.29) is 37.2 Å². The number of aliphatic imine (C=N–C) groups is 1. The molecule has 1 aromatic heterocycles. The van der Waals surface area contributed by atoms with E-state index in [9.17, 15) is 9.59 Å². The van der Waals surface area contributed by atoms with Gasteiger partial charge in [-0.2, -0.15) is 0 Å². The van der Waals surface area contributed by atoms with E-state index in [1.54, 1.807) is 45.0 Å². The maximum atomic E-state index is 12.1. The van der Waals surface area contributed by atoms with Crippen molar-refractivity contribution >= 4 is 29.4 Å². The van der Waals surface area contributed by atoms with Crippen LogP contribution >= 0.6 is 0 Å². The lowest BCUT2D eigenvalue weighted by molar-refractivity contribution is -0.152. The van der Waals surface area contributed by atoms with Crippen molar-refractivity contribution in [2.45, 2.75) is 45.8 Å². The highest BCUT2D eigenvalue weighted by molar-refractivity contribution is 6.09. The Hall–Kier alpha value is -3.66. The number of hydrogen-bond donors (Lipinski definition) is 4. The zero-order valence-electron chi connectivity index (χ0n) is 21.0. The molecule has 10 heteroatoms. The van der Waals surface area contributed by atoms with E-state index in [1.807, 2.05) is 18.3 Å². The molecule has 2 atom stereocenters. The van der Waals surface area contributed by atoms with E-state index in [1.165, 1.54) is 0 Å². The van der Waals surface area contributed by atoms with Gasteiger partial charge in [0, 0.05) is 30.5 Å². The molecule has 3 heterocycles. The average molecular weight is 495 g/mol. The molecule has 2 fully saturated rings. The highest BCUT2D eigenvalue weighted by atomic mass is 16.5. The van der Waals surface area contributed by atoms with Gasteiger partial charge in [0.2, 0.25) is 0 Å². The van der Waals surface area contributed by atoms with E-state index in [0.29, 0.717) is 11.3 Å². The fraction of sp³-hybridized carbons (Fsp3) is 0.462. The van der Waals surface area contributed by atoms with Gasteiger partial charge in [-0.15, -0.1) is 0 Å². The molecule has 0 spiro atoms. The van der Waals surface area contributed by atoms with Gasteiger partial charge in [0.1, 0.15) is 6.61 Å². The van der Waals surface area contributed by atoms with Crippen LogP contribution in [0.3, 0.4) is 0 Å². The second-order valence-corrected chi connectivity index (χ2v) is 10.1. The number of H-pyrrole nitrogens is 1. The Labute approximate surface area is 211 Å². The third-order valence-electron chi connectivity index (χ3n) is 6.05. The van der Waals surface area contributed by atoms with Crippen LogP contribution in [0.1, 0.15) is 44.9 Å². The smallest absolute Gasteiger partial charge is 0.319 e. The number of morpholine rings is 1. The number of likely N-dealkylation sites (tertiary alicyclic amines) is 1. The number of aromatic amines is 1. The summed E-state index contributed by atoms with van der Waals surface area (Å²) in [5.41, 5.74) is 1.50. The molecule has 0 aliphatic carbocycles. The topological polar surface area (TPSA) is 132 Å². The number of hydrogen-bond acceptors (Lipinski definition) is 5. The largest absolute Gasteiger partial charge is 0.463 e. The number of rotatable bonds is 6. The quantitative estimate of drug-likeness (QED) is 0.212. The highest BCUT2D eigenvalue weighted by Crippen LogP contribution is 2.27. The number of ether oxygens (including phenoxy) is 2. The van der Waals surface area contributed by atoms with Gasteiger partial charge in [0.05, 0.1) is 29.9 Å². The molecular formula is C26H34N6O4. The van der Waals surface area contributed by atoms with Gasteiger partial charge in [-0.1, -0.05) is 0 Å². The second-order valence-electron chi connectivity index (χ2n) is 10.1. The normalized spacial score (nSPS) is 19.6. The molecule has 10 nitrogen and oxygen atoms in total. The van der Waals surface area contributed by atoms with Gasteiger partial charge in [-0.25, -0.2) is 9.79 Å². The van der Waals surface area contributed by atoms with E-state index in [2.05, 4.69) is 25.5 Å².